The van der Waals surface area contributed by atoms with E-state index in [0.717, 1.165) is 4.47 Å². The van der Waals surface area contributed by atoms with Crippen LogP contribution >= 0.6 is 15.9 Å². The number of aromatic nitrogens is 1. The van der Waals surface area contributed by atoms with Crippen LogP contribution in [-0.2, 0) is 4.74 Å². The van der Waals surface area contributed by atoms with Crippen LogP contribution in [0.5, 0.6) is 5.75 Å². The second-order valence-electron chi connectivity index (χ2n) is 6.15. The third-order valence-electron chi connectivity index (χ3n) is 2.62. The molecule has 118 valence electrons. The molecule has 1 aromatic heterocycles. The van der Waals surface area contributed by atoms with E-state index in [2.05, 4.69) is 26.2 Å². The van der Waals surface area contributed by atoms with Crippen molar-refractivity contribution in [1.29, 1.82) is 0 Å². The first-order valence-electron chi connectivity index (χ1n) is 6.90. The van der Waals surface area contributed by atoms with Crippen molar-refractivity contribution < 1.29 is 14.3 Å². The average molecular weight is 359 g/mol. The number of nitrogens with zero attached hydrogens (tertiary/aromatic N) is 1. The van der Waals surface area contributed by atoms with Gasteiger partial charge in [0.2, 0.25) is 0 Å². The normalized spacial score (nSPS) is 12.9. The summed E-state index contributed by atoms with van der Waals surface area (Å²) < 4.78 is 11.8. The number of nitrogens with one attached hydrogen (secondary N) is 1. The summed E-state index contributed by atoms with van der Waals surface area (Å²) in [5.41, 5.74) is -0.513. The standard InChI is InChI=1S/C15H23BrN2O3/c1-10(2)13(18-14(19)21-15(3,4)5)9-20-12-6-11(16)7-17-8-12/h6-8,10,13H,9H2,1-5H3,(H,18,19). The van der Waals surface area contributed by atoms with Crippen molar-refractivity contribution in [2.24, 2.45) is 5.92 Å². The monoisotopic (exact) mass is 358 g/mol. The minimum Gasteiger partial charge on any atom is -0.490 e. The number of hydrogen-bond acceptors (Lipinski definition) is 4. The zero-order chi connectivity index (χ0) is 16.0. The molecule has 0 saturated heterocycles. The summed E-state index contributed by atoms with van der Waals surface area (Å²) in [6.07, 6.45) is 2.89. The highest BCUT2D eigenvalue weighted by molar-refractivity contribution is 9.10. The molecule has 1 heterocycles. The van der Waals surface area contributed by atoms with Gasteiger partial charge in [-0.25, -0.2) is 4.79 Å². The molecule has 0 fully saturated rings. The summed E-state index contributed by atoms with van der Waals surface area (Å²) in [7, 11) is 0. The van der Waals surface area contributed by atoms with Gasteiger partial charge in [0.05, 0.1) is 12.2 Å². The van der Waals surface area contributed by atoms with Crippen LogP contribution in [0, 0.1) is 5.92 Å². The number of hydrogen-bond donors (Lipinski definition) is 1. The van der Waals surface area contributed by atoms with Crippen molar-refractivity contribution in [3.8, 4) is 5.75 Å². The van der Waals surface area contributed by atoms with Gasteiger partial charge in [0.25, 0.3) is 0 Å². The number of alkyl carbamates (subject to hydrolysis) is 1. The SMILES string of the molecule is CC(C)C(COc1cncc(Br)c1)NC(=O)OC(C)(C)C. The third kappa shape index (κ3) is 7.32. The van der Waals surface area contributed by atoms with Gasteiger partial charge in [0.15, 0.2) is 0 Å². The highest BCUT2D eigenvalue weighted by Crippen LogP contribution is 2.17. The summed E-state index contributed by atoms with van der Waals surface area (Å²) in [5.74, 6) is 0.874. The number of carbonyl (C=O) groups is 1. The van der Waals surface area contributed by atoms with Gasteiger partial charge in [-0.1, -0.05) is 13.8 Å². The van der Waals surface area contributed by atoms with E-state index in [0.29, 0.717) is 12.4 Å². The Hall–Kier alpha value is -1.30. The number of carbonyl (C=O) groups excluding carboxylic acids is 1. The summed E-state index contributed by atoms with van der Waals surface area (Å²) in [5, 5.41) is 2.84. The predicted molar refractivity (Wildman–Crippen MR) is 85.4 cm³/mol. The van der Waals surface area contributed by atoms with E-state index in [1.54, 1.807) is 12.4 Å². The molecule has 0 aliphatic carbocycles. The molecule has 1 amide bonds. The van der Waals surface area contributed by atoms with Gasteiger partial charge >= 0.3 is 6.09 Å². The maximum Gasteiger partial charge on any atom is 0.407 e. The van der Waals surface area contributed by atoms with Crippen LogP contribution < -0.4 is 10.1 Å². The topological polar surface area (TPSA) is 60.5 Å². The average Bonchev–Trinajstić information content (AvgIpc) is 2.32. The van der Waals surface area contributed by atoms with Gasteiger partial charge in [0, 0.05) is 10.7 Å². The number of halogens is 1. The van der Waals surface area contributed by atoms with Crippen molar-refractivity contribution in [2.45, 2.75) is 46.3 Å². The lowest BCUT2D eigenvalue weighted by atomic mass is 10.1. The fourth-order valence-electron chi connectivity index (χ4n) is 1.52. The molecule has 0 aliphatic rings. The molecule has 0 aliphatic heterocycles. The molecule has 1 aromatic rings. The Balaban J connectivity index is 2.56. The molecule has 0 aromatic carbocycles. The highest BCUT2D eigenvalue weighted by Gasteiger charge is 2.22. The number of ether oxygens (including phenoxy) is 2. The minimum absolute atomic E-state index is 0.140. The zero-order valence-electron chi connectivity index (χ0n) is 13.1. The van der Waals surface area contributed by atoms with Crippen molar-refractivity contribution in [2.75, 3.05) is 6.61 Å². The van der Waals surface area contributed by atoms with E-state index in [-0.39, 0.29) is 12.0 Å². The first-order chi connectivity index (χ1) is 9.67. The van der Waals surface area contributed by atoms with Gasteiger partial charge in [-0.15, -0.1) is 0 Å². The molecule has 0 bridgehead atoms. The first-order valence-corrected chi connectivity index (χ1v) is 7.69. The van der Waals surface area contributed by atoms with Crippen LogP contribution in [0.4, 0.5) is 4.79 Å². The van der Waals surface area contributed by atoms with E-state index in [4.69, 9.17) is 9.47 Å². The van der Waals surface area contributed by atoms with Crippen LogP contribution in [-0.4, -0.2) is 29.3 Å². The van der Waals surface area contributed by atoms with E-state index in [9.17, 15) is 4.79 Å². The molecule has 0 spiro atoms. The molecule has 21 heavy (non-hydrogen) atoms. The van der Waals surface area contributed by atoms with Gasteiger partial charge < -0.3 is 14.8 Å². The van der Waals surface area contributed by atoms with E-state index in [1.807, 2.05) is 40.7 Å². The second kappa shape index (κ2) is 7.64. The minimum atomic E-state index is -0.513. The van der Waals surface area contributed by atoms with Crippen LogP contribution in [0.25, 0.3) is 0 Å². The molecule has 0 radical (unpaired) electrons. The van der Waals surface area contributed by atoms with Gasteiger partial charge in [-0.2, -0.15) is 0 Å². The Morgan fingerprint density at radius 3 is 2.57 bits per heavy atom. The molecule has 1 unspecified atom stereocenters. The Kier molecular flexibility index (Phi) is 6.45. The Bertz CT molecular complexity index is 472. The first kappa shape index (κ1) is 17.8. The van der Waals surface area contributed by atoms with Crippen LogP contribution in [0.15, 0.2) is 22.9 Å². The molecular weight excluding hydrogens is 336 g/mol. The summed E-state index contributed by atoms with van der Waals surface area (Å²) in [4.78, 5) is 15.9. The molecular formula is C15H23BrN2O3. The van der Waals surface area contributed by atoms with Crippen LogP contribution in [0.2, 0.25) is 0 Å². The summed E-state index contributed by atoms with van der Waals surface area (Å²) in [6.45, 7) is 9.89. The third-order valence-corrected chi connectivity index (χ3v) is 3.05. The largest absolute Gasteiger partial charge is 0.490 e. The maximum atomic E-state index is 11.8. The van der Waals surface area contributed by atoms with Gasteiger partial charge in [-0.3, -0.25) is 4.98 Å². The predicted octanol–water partition coefficient (Wildman–Crippen LogP) is 3.77. The van der Waals surface area contributed by atoms with E-state index in [1.165, 1.54) is 0 Å². The lowest BCUT2D eigenvalue weighted by Gasteiger charge is -2.25. The molecule has 0 saturated carbocycles. The van der Waals surface area contributed by atoms with Crippen molar-refractivity contribution in [3.63, 3.8) is 0 Å². The number of pyridine rings is 1. The van der Waals surface area contributed by atoms with Crippen LogP contribution in [0.1, 0.15) is 34.6 Å². The Morgan fingerprint density at radius 1 is 1.38 bits per heavy atom. The maximum absolute atomic E-state index is 11.8. The van der Waals surface area contributed by atoms with E-state index >= 15 is 0 Å². The number of rotatable bonds is 5. The van der Waals surface area contributed by atoms with Gasteiger partial charge in [0.1, 0.15) is 18.0 Å². The number of amides is 1. The highest BCUT2D eigenvalue weighted by atomic mass is 79.9. The van der Waals surface area contributed by atoms with Crippen molar-refractivity contribution in [3.05, 3.63) is 22.9 Å². The summed E-state index contributed by atoms with van der Waals surface area (Å²) >= 11 is 3.34. The van der Waals surface area contributed by atoms with E-state index < -0.39 is 11.7 Å². The molecule has 1 N–H and O–H groups in total. The second-order valence-corrected chi connectivity index (χ2v) is 7.06. The zero-order valence-corrected chi connectivity index (χ0v) is 14.7. The lowest BCUT2D eigenvalue weighted by molar-refractivity contribution is 0.0468. The molecule has 1 atom stereocenters. The fraction of sp³-hybridized carbons (Fsp3) is 0.600. The molecule has 1 rings (SSSR count). The van der Waals surface area contributed by atoms with Crippen molar-refractivity contribution >= 4 is 22.0 Å². The van der Waals surface area contributed by atoms with Crippen LogP contribution in [0.3, 0.4) is 0 Å². The lowest BCUT2D eigenvalue weighted by Crippen LogP contribution is -2.45. The molecule has 5 nitrogen and oxygen atoms in total. The summed E-state index contributed by atoms with van der Waals surface area (Å²) in [6, 6.07) is 1.69. The van der Waals surface area contributed by atoms with Crippen molar-refractivity contribution in [1.82, 2.24) is 10.3 Å². The van der Waals surface area contributed by atoms with Gasteiger partial charge in [-0.05, 0) is 48.7 Å². The molecule has 6 heteroatoms. The quantitative estimate of drug-likeness (QED) is 0.869. The Labute approximate surface area is 134 Å². The fourth-order valence-corrected chi connectivity index (χ4v) is 1.86. The Morgan fingerprint density at radius 2 is 2.05 bits per heavy atom. The smallest absolute Gasteiger partial charge is 0.407 e.